The summed E-state index contributed by atoms with van der Waals surface area (Å²) in [6.07, 6.45) is 4.61. The van der Waals surface area contributed by atoms with Crippen LogP contribution in [0.2, 0.25) is 0 Å². The molecule has 0 amide bonds. The average molecular weight is 219 g/mol. The van der Waals surface area contributed by atoms with Crippen molar-refractivity contribution in [2.75, 3.05) is 11.9 Å². The predicted octanol–water partition coefficient (Wildman–Crippen LogP) is 2.59. The van der Waals surface area contributed by atoms with E-state index in [0.717, 1.165) is 17.9 Å². The first kappa shape index (κ1) is 8.06. The van der Waals surface area contributed by atoms with Crippen LogP contribution < -0.4 is 0 Å². The van der Waals surface area contributed by atoms with Crippen LogP contribution in [0.1, 0.15) is 26.2 Å². The molecule has 1 heterocycles. The van der Waals surface area contributed by atoms with Crippen LogP contribution >= 0.6 is 15.9 Å². The van der Waals surface area contributed by atoms with Gasteiger partial charge in [0.05, 0.1) is 6.10 Å². The summed E-state index contributed by atoms with van der Waals surface area (Å²) in [5.74, 6) is 0.958. The number of hydrogen-bond donors (Lipinski definition) is 0. The second kappa shape index (κ2) is 2.74. The molecule has 2 aliphatic rings. The molecule has 2 heteroatoms. The molecule has 0 aromatic heterocycles. The summed E-state index contributed by atoms with van der Waals surface area (Å²) in [4.78, 5) is 0. The Balaban J connectivity index is 2.13. The lowest BCUT2D eigenvalue weighted by atomic mass is 9.79. The first-order valence-corrected chi connectivity index (χ1v) is 5.59. The third-order valence-electron chi connectivity index (χ3n) is 3.38. The van der Waals surface area contributed by atoms with Crippen LogP contribution in [0, 0.1) is 11.3 Å². The number of halogens is 1. The molecule has 64 valence electrons. The van der Waals surface area contributed by atoms with Crippen LogP contribution in [0.15, 0.2) is 0 Å². The van der Waals surface area contributed by atoms with Crippen LogP contribution in [0.5, 0.6) is 0 Å². The van der Waals surface area contributed by atoms with Crippen molar-refractivity contribution >= 4 is 15.9 Å². The Morgan fingerprint density at radius 3 is 2.64 bits per heavy atom. The van der Waals surface area contributed by atoms with Crippen LogP contribution in [0.3, 0.4) is 0 Å². The van der Waals surface area contributed by atoms with Crippen LogP contribution in [-0.4, -0.2) is 18.0 Å². The largest absolute Gasteiger partial charge is 0.378 e. The summed E-state index contributed by atoms with van der Waals surface area (Å²) in [6, 6.07) is 0. The van der Waals surface area contributed by atoms with Crippen LogP contribution in [0.25, 0.3) is 0 Å². The summed E-state index contributed by atoms with van der Waals surface area (Å²) in [6.45, 7) is 3.20. The predicted molar refractivity (Wildman–Crippen MR) is 49.0 cm³/mol. The van der Waals surface area contributed by atoms with Gasteiger partial charge in [-0.25, -0.2) is 0 Å². The van der Waals surface area contributed by atoms with Gasteiger partial charge in [0.15, 0.2) is 0 Å². The molecule has 1 aliphatic heterocycles. The topological polar surface area (TPSA) is 9.23 Å². The van der Waals surface area contributed by atoms with Crippen molar-refractivity contribution in [2.45, 2.75) is 32.3 Å². The van der Waals surface area contributed by atoms with E-state index in [1.54, 1.807) is 0 Å². The Morgan fingerprint density at radius 2 is 2.27 bits per heavy atom. The zero-order valence-corrected chi connectivity index (χ0v) is 8.56. The van der Waals surface area contributed by atoms with Gasteiger partial charge in [-0.3, -0.25) is 0 Å². The van der Waals surface area contributed by atoms with Crippen molar-refractivity contribution < 1.29 is 4.74 Å². The highest BCUT2D eigenvalue weighted by atomic mass is 79.9. The van der Waals surface area contributed by atoms with Gasteiger partial charge in [-0.15, -0.1) is 0 Å². The summed E-state index contributed by atoms with van der Waals surface area (Å²) in [5, 5.41) is 1.13. The van der Waals surface area contributed by atoms with E-state index in [0.29, 0.717) is 11.5 Å². The minimum atomic E-state index is 0.481. The number of ether oxygens (including phenoxy) is 1. The van der Waals surface area contributed by atoms with Gasteiger partial charge in [0.1, 0.15) is 0 Å². The maximum Gasteiger partial charge on any atom is 0.0614 e. The quantitative estimate of drug-likeness (QED) is 0.648. The SMILES string of the molecule is CC1OCCC1(CBr)C1CC1. The van der Waals surface area contributed by atoms with Gasteiger partial charge >= 0.3 is 0 Å². The molecule has 2 atom stereocenters. The molecule has 0 N–H and O–H groups in total. The molecule has 2 rings (SSSR count). The fourth-order valence-electron chi connectivity index (χ4n) is 2.27. The van der Waals surface area contributed by atoms with Gasteiger partial charge in [-0.05, 0) is 32.1 Å². The van der Waals surface area contributed by atoms with E-state index in [1.165, 1.54) is 19.3 Å². The van der Waals surface area contributed by atoms with E-state index in [4.69, 9.17) is 4.74 Å². The summed E-state index contributed by atoms with van der Waals surface area (Å²) >= 11 is 3.63. The lowest BCUT2D eigenvalue weighted by molar-refractivity contribution is 0.0645. The highest BCUT2D eigenvalue weighted by Gasteiger charge is 2.51. The molecular weight excluding hydrogens is 204 g/mol. The molecule has 1 saturated heterocycles. The van der Waals surface area contributed by atoms with Crippen molar-refractivity contribution in [1.29, 1.82) is 0 Å². The first-order valence-electron chi connectivity index (χ1n) is 4.47. The van der Waals surface area contributed by atoms with Gasteiger partial charge in [-0.2, -0.15) is 0 Å². The fraction of sp³-hybridized carbons (Fsp3) is 1.00. The molecule has 1 nitrogen and oxygen atoms in total. The molecule has 1 saturated carbocycles. The lowest BCUT2D eigenvalue weighted by Crippen LogP contribution is -2.32. The lowest BCUT2D eigenvalue weighted by Gasteiger charge is -2.29. The highest BCUT2D eigenvalue weighted by molar-refractivity contribution is 9.09. The molecular formula is C9H15BrO. The van der Waals surface area contributed by atoms with Crippen LogP contribution in [-0.2, 0) is 4.74 Å². The van der Waals surface area contributed by atoms with E-state index >= 15 is 0 Å². The Hall–Kier alpha value is 0.440. The standard InChI is InChI=1S/C9H15BrO/c1-7-9(6-10,4-5-11-7)8-2-3-8/h7-8H,2-6H2,1H3. The Kier molecular flexibility index (Phi) is 2.00. The third kappa shape index (κ3) is 1.15. The Bertz CT molecular complexity index is 156. The smallest absolute Gasteiger partial charge is 0.0614 e. The molecule has 0 aromatic carbocycles. The second-order valence-electron chi connectivity index (χ2n) is 3.90. The molecule has 2 fully saturated rings. The van der Waals surface area contributed by atoms with E-state index in [2.05, 4.69) is 22.9 Å². The molecule has 0 spiro atoms. The van der Waals surface area contributed by atoms with Crippen molar-refractivity contribution in [1.82, 2.24) is 0 Å². The second-order valence-corrected chi connectivity index (χ2v) is 4.46. The van der Waals surface area contributed by atoms with E-state index in [-0.39, 0.29) is 0 Å². The molecule has 11 heavy (non-hydrogen) atoms. The van der Waals surface area contributed by atoms with Crippen molar-refractivity contribution in [3.8, 4) is 0 Å². The number of alkyl halides is 1. The van der Waals surface area contributed by atoms with Crippen molar-refractivity contribution in [2.24, 2.45) is 11.3 Å². The summed E-state index contributed by atoms with van der Waals surface area (Å²) in [7, 11) is 0. The molecule has 0 aromatic rings. The van der Waals surface area contributed by atoms with Crippen LogP contribution in [0.4, 0.5) is 0 Å². The van der Waals surface area contributed by atoms with Crippen molar-refractivity contribution in [3.63, 3.8) is 0 Å². The van der Waals surface area contributed by atoms with Gasteiger partial charge < -0.3 is 4.74 Å². The Labute approximate surface area is 76.6 Å². The maximum atomic E-state index is 5.63. The molecule has 0 radical (unpaired) electrons. The van der Waals surface area contributed by atoms with E-state index in [1.807, 2.05) is 0 Å². The van der Waals surface area contributed by atoms with E-state index in [9.17, 15) is 0 Å². The maximum absolute atomic E-state index is 5.63. The monoisotopic (exact) mass is 218 g/mol. The minimum Gasteiger partial charge on any atom is -0.378 e. The molecule has 0 bridgehead atoms. The van der Waals surface area contributed by atoms with Gasteiger partial charge in [0.2, 0.25) is 0 Å². The highest BCUT2D eigenvalue weighted by Crippen LogP contribution is 2.54. The normalized spacial score (nSPS) is 44.7. The van der Waals surface area contributed by atoms with Crippen molar-refractivity contribution in [3.05, 3.63) is 0 Å². The molecule has 2 unspecified atom stereocenters. The van der Waals surface area contributed by atoms with Gasteiger partial charge in [0.25, 0.3) is 0 Å². The summed E-state index contributed by atoms with van der Waals surface area (Å²) < 4.78 is 5.63. The average Bonchev–Trinajstić information content (AvgIpc) is 2.78. The Morgan fingerprint density at radius 1 is 1.55 bits per heavy atom. The zero-order chi connectivity index (χ0) is 7.90. The van der Waals surface area contributed by atoms with Gasteiger partial charge in [-0.1, -0.05) is 15.9 Å². The third-order valence-corrected chi connectivity index (χ3v) is 4.43. The number of hydrogen-bond acceptors (Lipinski definition) is 1. The number of rotatable bonds is 2. The van der Waals surface area contributed by atoms with Gasteiger partial charge in [0, 0.05) is 17.4 Å². The fourth-order valence-corrected chi connectivity index (χ4v) is 3.47. The summed E-state index contributed by atoms with van der Waals surface area (Å²) in [5.41, 5.74) is 0.500. The first-order chi connectivity index (χ1) is 5.29. The minimum absolute atomic E-state index is 0.481. The molecule has 1 aliphatic carbocycles. The van der Waals surface area contributed by atoms with E-state index < -0.39 is 0 Å². The zero-order valence-electron chi connectivity index (χ0n) is 6.98.